The van der Waals surface area contributed by atoms with E-state index in [2.05, 4.69) is 2.72 Å². The first-order valence-electron chi connectivity index (χ1n) is 0.765. The first kappa shape index (κ1) is 6.00. The molecule has 0 aromatic rings. The van der Waals surface area contributed by atoms with Crippen molar-refractivity contribution in [1.82, 2.24) is 0 Å². The second-order valence-electron chi connectivity index (χ2n) is 0.245. The van der Waals surface area contributed by atoms with E-state index in [4.69, 9.17) is 8.19 Å². The Morgan fingerprint density at radius 3 is 1.60 bits per heavy atom. The molecule has 30 valence electrons. The van der Waals surface area contributed by atoms with Crippen molar-refractivity contribution in [2.45, 2.75) is 0 Å². The molecule has 5 heavy (non-hydrogen) atoms. The van der Waals surface area contributed by atoms with Gasteiger partial charge in [0.2, 0.25) is 0 Å². The minimum absolute atomic E-state index is 0.992. The summed E-state index contributed by atoms with van der Waals surface area (Å²) in [7, 11) is 0. The van der Waals surface area contributed by atoms with Gasteiger partial charge in [-0.1, -0.05) is 0 Å². The van der Waals surface area contributed by atoms with Crippen LogP contribution in [0.15, 0.2) is 0 Å². The number of hydrogen-bond donors (Lipinski definition) is 2. The zero-order valence-electron chi connectivity index (χ0n) is 2.20. The van der Waals surface area contributed by atoms with Gasteiger partial charge >= 0.3 is 43.8 Å². The summed E-state index contributed by atoms with van der Waals surface area (Å²) in [6.07, 6.45) is 0. The zero-order valence-corrected chi connectivity index (χ0v) is 5.95. The fourth-order valence-electron chi connectivity index (χ4n) is 0.0163. The van der Waals surface area contributed by atoms with Gasteiger partial charge in [-0.3, -0.25) is 0 Å². The van der Waals surface area contributed by atoms with E-state index in [1.165, 1.54) is 0 Å². The first-order valence-corrected chi connectivity index (χ1v) is 3.98. The van der Waals surface area contributed by atoms with E-state index in [0.29, 0.717) is 0 Å². The van der Waals surface area contributed by atoms with Crippen LogP contribution in [-0.4, -0.2) is 41.1 Å². The molecule has 3 nitrogen and oxygen atoms in total. The first-order chi connectivity index (χ1) is 2.41. The average Bonchev–Trinajstić information content (AvgIpc) is 1.41. The summed E-state index contributed by atoms with van der Waals surface area (Å²) >= 11 is -1.98. The van der Waals surface area contributed by atoms with E-state index in [9.17, 15) is 0 Å². The maximum atomic E-state index is 7.80. The Hall–Kier alpha value is 0.997. The fourth-order valence-corrected chi connectivity index (χ4v) is 0.441. The van der Waals surface area contributed by atoms with E-state index < -0.39 is 32.9 Å². The Morgan fingerprint density at radius 1 is 1.20 bits per heavy atom. The summed E-state index contributed by atoms with van der Waals surface area (Å²) in [4.78, 5) is 0. The van der Waals surface area contributed by atoms with Gasteiger partial charge in [0.05, 0.1) is 0 Å². The molecule has 0 aromatic carbocycles. The van der Waals surface area contributed by atoms with E-state index in [-0.39, 0.29) is 0 Å². The van der Waals surface area contributed by atoms with Crippen molar-refractivity contribution in [1.29, 1.82) is 0 Å². The number of rotatable bonds is 2. The molecule has 0 rings (SSSR count). The van der Waals surface area contributed by atoms with Crippen molar-refractivity contribution in [3.8, 4) is 0 Å². The maximum absolute atomic E-state index is 7.80. The topological polar surface area (TPSA) is 49.7 Å². The second kappa shape index (κ2) is 5.00. The van der Waals surface area contributed by atoms with Crippen LogP contribution in [0.25, 0.3) is 0 Å². The van der Waals surface area contributed by atoms with Gasteiger partial charge in [0.25, 0.3) is 0 Å². The summed E-state index contributed by atoms with van der Waals surface area (Å²) in [5, 5.41) is 0. The van der Waals surface area contributed by atoms with Gasteiger partial charge in [0, 0.05) is 0 Å². The molecule has 0 aromatic heterocycles. The summed E-state index contributed by atoms with van der Waals surface area (Å²) in [5.74, 6) is 0. The standard InChI is InChI=1S/As2H2O3/c3-1-5-2-4/h3-4H. The van der Waals surface area contributed by atoms with Crippen LogP contribution >= 0.6 is 0 Å². The summed E-state index contributed by atoms with van der Waals surface area (Å²) in [5.41, 5.74) is 0. The van der Waals surface area contributed by atoms with Gasteiger partial charge in [-0.25, -0.2) is 0 Å². The monoisotopic (exact) mass is 200 g/mol. The van der Waals surface area contributed by atoms with E-state index in [0.717, 1.165) is 0 Å². The average molecular weight is 200 g/mol. The van der Waals surface area contributed by atoms with Gasteiger partial charge in [-0.2, -0.15) is 0 Å². The van der Waals surface area contributed by atoms with E-state index in [1.807, 2.05) is 0 Å². The predicted octanol–water partition coefficient (Wildman–Crippen LogP) is -1.94. The van der Waals surface area contributed by atoms with Crippen molar-refractivity contribution < 1.29 is 10.9 Å². The molecular weight excluding hydrogens is 198 g/mol. The molecule has 0 heterocycles. The summed E-state index contributed by atoms with van der Waals surface area (Å²) in [6, 6.07) is 0. The molecule has 0 unspecified atom stereocenters. The Morgan fingerprint density at radius 2 is 1.60 bits per heavy atom. The fraction of sp³-hybridized carbons (Fsp3) is 0. The molecule has 0 atom stereocenters. The Balaban J connectivity index is 2.19. The predicted molar refractivity (Wildman–Crippen MR) is 17.0 cm³/mol. The van der Waals surface area contributed by atoms with Crippen LogP contribution < -0.4 is 0 Å². The molecular formula is H2As2O3. The third-order valence-electron chi connectivity index (χ3n) is 0.0730. The van der Waals surface area contributed by atoms with Crippen LogP contribution in [0.3, 0.4) is 0 Å². The molecule has 0 fully saturated rings. The van der Waals surface area contributed by atoms with Crippen molar-refractivity contribution in [3.05, 3.63) is 0 Å². The third-order valence-corrected chi connectivity index (χ3v) is 1.97. The molecule has 0 amide bonds. The molecule has 2 N–H and O–H groups in total. The van der Waals surface area contributed by atoms with Crippen LogP contribution in [0.5, 0.6) is 0 Å². The van der Waals surface area contributed by atoms with Crippen molar-refractivity contribution in [3.63, 3.8) is 0 Å². The van der Waals surface area contributed by atoms with Gasteiger partial charge in [-0.15, -0.1) is 0 Å². The van der Waals surface area contributed by atoms with Gasteiger partial charge in [0.15, 0.2) is 0 Å². The molecule has 0 spiro atoms. The van der Waals surface area contributed by atoms with Crippen LogP contribution in [-0.2, 0) is 2.72 Å². The molecule has 0 saturated carbocycles. The van der Waals surface area contributed by atoms with Gasteiger partial charge in [-0.05, 0) is 0 Å². The van der Waals surface area contributed by atoms with E-state index >= 15 is 0 Å². The molecule has 0 aliphatic rings. The molecule has 0 saturated heterocycles. The van der Waals surface area contributed by atoms with Gasteiger partial charge in [0.1, 0.15) is 0 Å². The molecule has 0 bridgehead atoms. The summed E-state index contributed by atoms with van der Waals surface area (Å²) in [6.45, 7) is 0. The van der Waals surface area contributed by atoms with Crippen molar-refractivity contribution >= 4 is 32.9 Å². The minimum atomic E-state index is -0.992. The SMILES string of the molecule is O[As]O[As]O. The van der Waals surface area contributed by atoms with Crippen LogP contribution in [0.4, 0.5) is 0 Å². The molecule has 0 aliphatic heterocycles. The third kappa shape index (κ3) is 5.00. The quantitative estimate of drug-likeness (QED) is 0.509. The van der Waals surface area contributed by atoms with Crippen LogP contribution in [0.2, 0.25) is 0 Å². The van der Waals surface area contributed by atoms with E-state index in [1.54, 1.807) is 0 Å². The van der Waals surface area contributed by atoms with Crippen LogP contribution in [0.1, 0.15) is 0 Å². The van der Waals surface area contributed by atoms with Gasteiger partial charge < -0.3 is 0 Å². The van der Waals surface area contributed by atoms with Crippen molar-refractivity contribution in [2.75, 3.05) is 0 Å². The zero-order chi connectivity index (χ0) is 4.12. The van der Waals surface area contributed by atoms with Crippen LogP contribution in [0, 0.1) is 0 Å². The normalized spacial score (nSPS) is 13.2. The number of hydrogen-bond acceptors (Lipinski definition) is 3. The molecule has 5 heteroatoms. The molecule has 0 aliphatic carbocycles. The Bertz CT molecular complexity index is 12.4. The summed E-state index contributed by atoms with van der Waals surface area (Å²) < 4.78 is 19.7. The Kier molecular flexibility index (Phi) is 5.99. The van der Waals surface area contributed by atoms with Crippen molar-refractivity contribution in [2.24, 2.45) is 0 Å². The Labute approximate surface area is 44.1 Å². The second-order valence-corrected chi connectivity index (χ2v) is 3.05. The molecule has 2 radical (unpaired) electrons.